The van der Waals surface area contributed by atoms with Gasteiger partial charge in [-0.05, 0) is 40.2 Å². The van der Waals surface area contributed by atoms with Crippen LogP contribution in [0.4, 0.5) is 0 Å². The van der Waals surface area contributed by atoms with Crippen molar-refractivity contribution in [1.29, 1.82) is 0 Å². The van der Waals surface area contributed by atoms with Crippen LogP contribution in [0.25, 0.3) is 0 Å². The van der Waals surface area contributed by atoms with E-state index in [9.17, 15) is 10.2 Å². The van der Waals surface area contributed by atoms with Crippen molar-refractivity contribution in [1.82, 2.24) is 0 Å². The number of thiophene rings is 1. The molecule has 2 rings (SSSR count). The average molecular weight is 305 g/mol. The summed E-state index contributed by atoms with van der Waals surface area (Å²) in [6.45, 7) is 0. The van der Waals surface area contributed by atoms with Gasteiger partial charge in [-0.25, -0.2) is 0 Å². The van der Waals surface area contributed by atoms with Crippen LogP contribution in [0.15, 0.2) is 15.9 Å². The second kappa shape index (κ2) is 5.17. The maximum absolute atomic E-state index is 10.4. The van der Waals surface area contributed by atoms with Crippen LogP contribution in [-0.4, -0.2) is 21.9 Å². The summed E-state index contributed by atoms with van der Waals surface area (Å²) < 4.78 is 1.04. The minimum absolute atomic E-state index is 0.550. The van der Waals surface area contributed by atoms with Gasteiger partial charge in [0, 0.05) is 15.8 Å². The molecule has 0 amide bonds. The summed E-state index contributed by atoms with van der Waals surface area (Å²) in [7, 11) is 0. The molecule has 16 heavy (non-hydrogen) atoms. The van der Waals surface area contributed by atoms with Gasteiger partial charge in [0.05, 0.1) is 11.7 Å². The van der Waals surface area contributed by atoms with Crippen LogP contribution in [0.3, 0.4) is 0 Å². The molecule has 0 spiro atoms. The first-order valence-electron chi connectivity index (χ1n) is 5.74. The molecule has 0 bridgehead atoms. The van der Waals surface area contributed by atoms with Crippen LogP contribution in [0.1, 0.15) is 37.0 Å². The largest absolute Gasteiger partial charge is 0.390 e. The number of hydrogen-bond acceptors (Lipinski definition) is 3. The molecular formula is C12H17BrO2S. The lowest BCUT2D eigenvalue weighted by Gasteiger charge is -2.36. The Labute approximate surface area is 108 Å². The smallest absolute Gasteiger partial charge is 0.0909 e. The van der Waals surface area contributed by atoms with Crippen LogP contribution in [0.5, 0.6) is 0 Å². The van der Waals surface area contributed by atoms with Crippen molar-refractivity contribution < 1.29 is 10.2 Å². The molecule has 1 heterocycles. The fourth-order valence-electron chi connectivity index (χ4n) is 2.33. The van der Waals surface area contributed by atoms with Gasteiger partial charge in [0.15, 0.2) is 0 Å². The summed E-state index contributed by atoms with van der Waals surface area (Å²) in [5, 5.41) is 22.5. The molecule has 0 aromatic carbocycles. The third-order valence-corrected chi connectivity index (χ3v) is 5.36. The number of aliphatic hydroxyl groups is 2. The molecule has 90 valence electrons. The third-order valence-electron chi connectivity index (χ3n) is 3.41. The summed E-state index contributed by atoms with van der Waals surface area (Å²) >= 11 is 5.08. The normalized spacial score (nSPS) is 21.9. The molecule has 1 aromatic heterocycles. The molecule has 0 saturated heterocycles. The number of halogens is 1. The lowest BCUT2D eigenvalue weighted by atomic mass is 9.79. The Bertz CT molecular complexity index is 345. The molecule has 1 aromatic rings. The average Bonchev–Trinajstić information content (AvgIpc) is 2.65. The molecule has 0 radical (unpaired) electrons. The van der Waals surface area contributed by atoms with Gasteiger partial charge in [-0.15, -0.1) is 11.3 Å². The van der Waals surface area contributed by atoms with Gasteiger partial charge < -0.3 is 10.2 Å². The Morgan fingerprint density at radius 2 is 2.06 bits per heavy atom. The van der Waals surface area contributed by atoms with Crippen molar-refractivity contribution in [3.8, 4) is 0 Å². The fraction of sp³-hybridized carbons (Fsp3) is 0.667. The Balaban J connectivity index is 2.01. The molecule has 0 aliphatic heterocycles. The molecule has 2 nitrogen and oxygen atoms in total. The van der Waals surface area contributed by atoms with E-state index in [0.717, 1.165) is 35.0 Å². The number of hydrogen-bond donors (Lipinski definition) is 2. The Hall–Kier alpha value is 0.1000. The maximum Gasteiger partial charge on any atom is 0.0909 e. The molecule has 1 atom stereocenters. The lowest BCUT2D eigenvalue weighted by Crippen LogP contribution is -2.45. The van der Waals surface area contributed by atoms with Crippen LogP contribution >= 0.6 is 27.3 Å². The highest BCUT2D eigenvalue weighted by atomic mass is 79.9. The zero-order valence-corrected chi connectivity index (χ0v) is 11.6. The first kappa shape index (κ1) is 12.6. The zero-order valence-electron chi connectivity index (χ0n) is 9.16. The maximum atomic E-state index is 10.4. The molecule has 1 unspecified atom stereocenters. The summed E-state index contributed by atoms with van der Waals surface area (Å²) in [4.78, 5) is 1.12. The minimum atomic E-state index is -0.859. The van der Waals surface area contributed by atoms with E-state index in [1.807, 2.05) is 11.4 Å². The second-order valence-corrected chi connectivity index (χ2v) is 6.43. The Morgan fingerprint density at radius 1 is 1.38 bits per heavy atom. The van der Waals surface area contributed by atoms with Crippen molar-refractivity contribution in [3.05, 3.63) is 20.8 Å². The predicted molar refractivity (Wildman–Crippen MR) is 69.8 cm³/mol. The molecule has 1 saturated carbocycles. The van der Waals surface area contributed by atoms with E-state index >= 15 is 0 Å². The Kier molecular flexibility index (Phi) is 4.06. The fourth-order valence-corrected chi connectivity index (χ4v) is 3.89. The van der Waals surface area contributed by atoms with Crippen molar-refractivity contribution in [3.63, 3.8) is 0 Å². The van der Waals surface area contributed by atoms with Gasteiger partial charge in [0.25, 0.3) is 0 Å². The molecule has 1 aliphatic rings. The molecular weight excluding hydrogens is 288 g/mol. The topological polar surface area (TPSA) is 40.5 Å². The van der Waals surface area contributed by atoms with Crippen molar-refractivity contribution >= 4 is 27.3 Å². The van der Waals surface area contributed by atoms with E-state index in [-0.39, 0.29) is 0 Å². The summed E-state index contributed by atoms with van der Waals surface area (Å²) in [5.74, 6) is 0. The molecule has 4 heteroatoms. The summed E-state index contributed by atoms with van der Waals surface area (Å²) in [6, 6.07) is 1.98. The monoisotopic (exact) mass is 304 g/mol. The quantitative estimate of drug-likeness (QED) is 0.901. The van der Waals surface area contributed by atoms with E-state index in [1.165, 1.54) is 6.42 Å². The second-order valence-electron chi connectivity index (χ2n) is 4.58. The van der Waals surface area contributed by atoms with Crippen molar-refractivity contribution in [2.75, 3.05) is 0 Å². The lowest BCUT2D eigenvalue weighted by molar-refractivity contribution is -0.0958. The molecule has 2 N–H and O–H groups in total. The van der Waals surface area contributed by atoms with E-state index in [1.54, 1.807) is 11.3 Å². The van der Waals surface area contributed by atoms with Crippen molar-refractivity contribution in [2.24, 2.45) is 0 Å². The first-order valence-corrected chi connectivity index (χ1v) is 7.41. The van der Waals surface area contributed by atoms with E-state index in [2.05, 4.69) is 15.9 Å². The van der Waals surface area contributed by atoms with Gasteiger partial charge in [0.2, 0.25) is 0 Å². The highest BCUT2D eigenvalue weighted by molar-refractivity contribution is 9.10. The SMILES string of the molecule is OC(Cc1sccc1Br)C1(O)CCCCC1. The van der Waals surface area contributed by atoms with Crippen LogP contribution in [0.2, 0.25) is 0 Å². The summed E-state index contributed by atoms with van der Waals surface area (Å²) in [6.07, 6.45) is 4.61. The highest BCUT2D eigenvalue weighted by Gasteiger charge is 2.37. The minimum Gasteiger partial charge on any atom is -0.390 e. The van der Waals surface area contributed by atoms with Gasteiger partial charge in [-0.1, -0.05) is 19.3 Å². The van der Waals surface area contributed by atoms with Crippen molar-refractivity contribution in [2.45, 2.75) is 50.2 Å². The Morgan fingerprint density at radius 3 is 2.62 bits per heavy atom. The van der Waals surface area contributed by atoms with E-state index < -0.39 is 11.7 Å². The van der Waals surface area contributed by atoms with Crippen LogP contribution in [-0.2, 0) is 6.42 Å². The third kappa shape index (κ3) is 2.67. The van der Waals surface area contributed by atoms with Gasteiger partial charge >= 0.3 is 0 Å². The van der Waals surface area contributed by atoms with Gasteiger partial charge in [-0.2, -0.15) is 0 Å². The zero-order chi connectivity index (χ0) is 11.6. The first-order chi connectivity index (χ1) is 7.62. The van der Waals surface area contributed by atoms with E-state index in [0.29, 0.717) is 6.42 Å². The standard InChI is InChI=1S/C12H17BrO2S/c13-9-4-7-16-10(9)8-11(14)12(15)5-2-1-3-6-12/h4,7,11,14-15H,1-3,5-6,8H2. The van der Waals surface area contributed by atoms with Gasteiger partial charge in [-0.3, -0.25) is 0 Å². The number of rotatable bonds is 3. The van der Waals surface area contributed by atoms with Gasteiger partial charge in [0.1, 0.15) is 0 Å². The highest BCUT2D eigenvalue weighted by Crippen LogP contribution is 2.34. The van der Waals surface area contributed by atoms with Crippen LogP contribution < -0.4 is 0 Å². The van der Waals surface area contributed by atoms with Crippen LogP contribution in [0, 0.1) is 0 Å². The molecule has 1 fully saturated rings. The predicted octanol–water partition coefficient (Wildman–Crippen LogP) is 3.11. The number of aliphatic hydroxyl groups excluding tert-OH is 1. The summed E-state index contributed by atoms with van der Waals surface area (Å²) in [5.41, 5.74) is -0.859. The van der Waals surface area contributed by atoms with E-state index in [4.69, 9.17) is 0 Å². The molecule has 1 aliphatic carbocycles.